The zero-order valence-electron chi connectivity index (χ0n) is 10.3. The van der Waals surface area contributed by atoms with Gasteiger partial charge in [-0.3, -0.25) is 4.98 Å². The van der Waals surface area contributed by atoms with Gasteiger partial charge >= 0.3 is 0 Å². The van der Waals surface area contributed by atoms with Gasteiger partial charge in [-0.25, -0.2) is 0 Å². The molecule has 2 heteroatoms. The van der Waals surface area contributed by atoms with E-state index in [9.17, 15) is 0 Å². The van der Waals surface area contributed by atoms with Crippen LogP contribution in [-0.2, 0) is 6.54 Å². The van der Waals surface area contributed by atoms with Gasteiger partial charge in [0.25, 0.3) is 0 Å². The summed E-state index contributed by atoms with van der Waals surface area (Å²) in [6, 6.07) is 4.05. The van der Waals surface area contributed by atoms with Gasteiger partial charge in [0.1, 0.15) is 0 Å². The second-order valence-electron chi connectivity index (χ2n) is 4.27. The van der Waals surface area contributed by atoms with Crippen molar-refractivity contribution in [2.75, 3.05) is 0 Å². The van der Waals surface area contributed by atoms with Crippen LogP contribution >= 0.6 is 0 Å². The molecule has 2 nitrogen and oxygen atoms in total. The molecule has 88 valence electrons. The molecule has 0 amide bonds. The van der Waals surface area contributed by atoms with E-state index in [0.29, 0.717) is 12.5 Å². The molecule has 0 aliphatic heterocycles. The molecule has 0 radical (unpaired) electrons. The molecule has 1 aromatic heterocycles. The molecule has 0 saturated heterocycles. The predicted octanol–water partition coefficient (Wildman–Crippen LogP) is 3.38. The summed E-state index contributed by atoms with van der Waals surface area (Å²) in [5.41, 5.74) is 7.61. The van der Waals surface area contributed by atoms with Gasteiger partial charge in [-0.15, -0.1) is 0 Å². The Hall–Kier alpha value is -1.15. The Morgan fingerprint density at radius 3 is 2.81 bits per heavy atom. The molecule has 1 atom stereocenters. The average molecular weight is 218 g/mol. The van der Waals surface area contributed by atoms with Crippen molar-refractivity contribution in [3.05, 3.63) is 35.7 Å². The fourth-order valence-electron chi connectivity index (χ4n) is 1.54. The number of unbranched alkanes of at least 4 members (excludes halogenated alkanes) is 1. The second kappa shape index (κ2) is 7.18. The van der Waals surface area contributed by atoms with Gasteiger partial charge in [0, 0.05) is 12.7 Å². The van der Waals surface area contributed by atoms with Crippen molar-refractivity contribution in [1.82, 2.24) is 4.98 Å². The molecule has 0 saturated carbocycles. The van der Waals surface area contributed by atoms with Crippen molar-refractivity contribution in [2.45, 2.75) is 39.7 Å². The van der Waals surface area contributed by atoms with E-state index in [1.165, 1.54) is 19.3 Å². The Morgan fingerprint density at radius 1 is 1.44 bits per heavy atom. The molecule has 16 heavy (non-hydrogen) atoms. The summed E-state index contributed by atoms with van der Waals surface area (Å²) in [4.78, 5) is 4.33. The van der Waals surface area contributed by atoms with Crippen LogP contribution in [0.25, 0.3) is 6.08 Å². The van der Waals surface area contributed by atoms with E-state index in [0.717, 1.165) is 11.3 Å². The number of hydrogen-bond acceptors (Lipinski definition) is 2. The lowest BCUT2D eigenvalue weighted by Crippen LogP contribution is -1.96. The van der Waals surface area contributed by atoms with Crippen molar-refractivity contribution < 1.29 is 0 Å². The molecule has 2 N–H and O–H groups in total. The summed E-state index contributed by atoms with van der Waals surface area (Å²) in [6.45, 7) is 5.04. The molecule has 0 bridgehead atoms. The standard InChI is InChI=1S/C14H22N2/c1-3-4-5-12(2)6-8-14-9-7-13(10-15)11-16-14/h6-9,11-12H,3-5,10,15H2,1-2H3/b8-6+. The highest BCUT2D eigenvalue weighted by Crippen LogP contribution is 2.11. The number of aromatic nitrogens is 1. The van der Waals surface area contributed by atoms with Crippen LogP contribution < -0.4 is 5.73 Å². The van der Waals surface area contributed by atoms with Gasteiger partial charge in [-0.2, -0.15) is 0 Å². The zero-order valence-corrected chi connectivity index (χ0v) is 10.3. The molecule has 0 spiro atoms. The maximum absolute atomic E-state index is 5.52. The van der Waals surface area contributed by atoms with Crippen molar-refractivity contribution in [3.8, 4) is 0 Å². The highest BCUT2D eigenvalue weighted by atomic mass is 14.7. The third-order valence-corrected chi connectivity index (χ3v) is 2.69. The first kappa shape index (κ1) is 12.9. The number of nitrogens with zero attached hydrogens (tertiary/aromatic N) is 1. The maximum atomic E-state index is 5.52. The number of allylic oxidation sites excluding steroid dienone is 1. The van der Waals surface area contributed by atoms with Crippen LogP contribution in [0.3, 0.4) is 0 Å². The van der Waals surface area contributed by atoms with Gasteiger partial charge in [0.05, 0.1) is 5.69 Å². The summed E-state index contributed by atoms with van der Waals surface area (Å²) < 4.78 is 0. The number of hydrogen-bond donors (Lipinski definition) is 1. The van der Waals surface area contributed by atoms with E-state index in [2.05, 4.69) is 31.0 Å². The Bertz CT molecular complexity index is 314. The zero-order chi connectivity index (χ0) is 11.8. The van der Waals surface area contributed by atoms with Gasteiger partial charge in [-0.1, -0.05) is 38.8 Å². The van der Waals surface area contributed by atoms with Crippen molar-refractivity contribution in [3.63, 3.8) is 0 Å². The Kier molecular flexibility index (Phi) is 5.79. The van der Waals surface area contributed by atoms with E-state index < -0.39 is 0 Å². The quantitative estimate of drug-likeness (QED) is 0.795. The van der Waals surface area contributed by atoms with Crippen molar-refractivity contribution in [2.24, 2.45) is 11.7 Å². The van der Waals surface area contributed by atoms with Crippen LogP contribution in [-0.4, -0.2) is 4.98 Å². The molecule has 1 rings (SSSR count). The van der Waals surface area contributed by atoms with Gasteiger partial charge in [0.15, 0.2) is 0 Å². The average Bonchev–Trinajstić information content (AvgIpc) is 2.34. The highest BCUT2D eigenvalue weighted by molar-refractivity contribution is 5.44. The summed E-state index contributed by atoms with van der Waals surface area (Å²) in [6.07, 6.45) is 10.00. The van der Waals surface area contributed by atoms with Gasteiger partial charge in [0.2, 0.25) is 0 Å². The fraction of sp³-hybridized carbons (Fsp3) is 0.500. The van der Waals surface area contributed by atoms with E-state index in [-0.39, 0.29) is 0 Å². The lowest BCUT2D eigenvalue weighted by atomic mass is 10.0. The molecular weight excluding hydrogens is 196 g/mol. The summed E-state index contributed by atoms with van der Waals surface area (Å²) in [7, 11) is 0. The first-order valence-corrected chi connectivity index (χ1v) is 6.09. The van der Waals surface area contributed by atoms with Crippen molar-refractivity contribution >= 4 is 6.08 Å². The highest BCUT2D eigenvalue weighted by Gasteiger charge is 1.96. The number of rotatable bonds is 6. The SMILES string of the molecule is CCCCC(C)/C=C/c1ccc(CN)cn1. The first-order valence-electron chi connectivity index (χ1n) is 6.09. The predicted molar refractivity (Wildman–Crippen MR) is 69.9 cm³/mol. The van der Waals surface area contributed by atoms with Crippen LogP contribution in [0.5, 0.6) is 0 Å². The van der Waals surface area contributed by atoms with Crippen LogP contribution in [0.15, 0.2) is 24.4 Å². The minimum atomic E-state index is 0.559. The molecule has 1 aromatic rings. The number of nitrogens with two attached hydrogens (primary N) is 1. The van der Waals surface area contributed by atoms with Gasteiger partial charge in [-0.05, 0) is 30.0 Å². The monoisotopic (exact) mass is 218 g/mol. The lowest BCUT2D eigenvalue weighted by Gasteiger charge is -2.03. The smallest absolute Gasteiger partial charge is 0.0626 e. The summed E-state index contributed by atoms with van der Waals surface area (Å²) in [5, 5.41) is 0. The largest absolute Gasteiger partial charge is 0.326 e. The molecule has 0 aliphatic rings. The van der Waals surface area contributed by atoms with E-state index in [4.69, 9.17) is 5.73 Å². The molecule has 0 fully saturated rings. The maximum Gasteiger partial charge on any atom is 0.0626 e. The van der Waals surface area contributed by atoms with Crippen LogP contribution in [0.2, 0.25) is 0 Å². The Balaban J connectivity index is 2.48. The molecule has 1 unspecified atom stereocenters. The van der Waals surface area contributed by atoms with Crippen molar-refractivity contribution in [1.29, 1.82) is 0 Å². The molecule has 0 aliphatic carbocycles. The summed E-state index contributed by atoms with van der Waals surface area (Å²) in [5.74, 6) is 0.635. The van der Waals surface area contributed by atoms with Gasteiger partial charge < -0.3 is 5.73 Å². The van der Waals surface area contributed by atoms with Crippen LogP contribution in [0.4, 0.5) is 0 Å². The summed E-state index contributed by atoms with van der Waals surface area (Å²) >= 11 is 0. The van der Waals surface area contributed by atoms with E-state index in [1.807, 2.05) is 18.3 Å². The molecular formula is C14H22N2. The minimum absolute atomic E-state index is 0.559. The third kappa shape index (κ3) is 4.58. The Morgan fingerprint density at radius 2 is 2.25 bits per heavy atom. The van der Waals surface area contributed by atoms with E-state index in [1.54, 1.807) is 0 Å². The second-order valence-corrected chi connectivity index (χ2v) is 4.27. The Labute approximate surface area is 98.6 Å². The fourth-order valence-corrected chi connectivity index (χ4v) is 1.54. The first-order chi connectivity index (χ1) is 7.76. The van der Waals surface area contributed by atoms with Crippen LogP contribution in [0, 0.1) is 5.92 Å². The topological polar surface area (TPSA) is 38.9 Å². The minimum Gasteiger partial charge on any atom is -0.326 e. The lowest BCUT2D eigenvalue weighted by molar-refractivity contribution is 0.600. The normalized spacial score (nSPS) is 13.2. The molecule has 0 aromatic carbocycles. The third-order valence-electron chi connectivity index (χ3n) is 2.69. The number of pyridine rings is 1. The van der Waals surface area contributed by atoms with E-state index >= 15 is 0 Å². The molecule has 1 heterocycles. The van der Waals surface area contributed by atoms with Crippen LogP contribution in [0.1, 0.15) is 44.4 Å².